The highest BCUT2D eigenvalue weighted by Crippen LogP contribution is 2.32. The lowest BCUT2D eigenvalue weighted by Crippen LogP contribution is -2.02. The van der Waals surface area contributed by atoms with Crippen LogP contribution in [0.2, 0.25) is 5.02 Å². The van der Waals surface area contributed by atoms with Crippen LogP contribution in [-0.4, -0.2) is 9.55 Å². The zero-order valence-corrected chi connectivity index (χ0v) is 15.2. The quantitative estimate of drug-likeness (QED) is 0.366. The second kappa shape index (κ2) is 5.78. The number of imidazole rings is 1. The number of halogens is 3. The second-order valence-corrected chi connectivity index (χ2v) is 7.32. The molecule has 1 heterocycles. The number of aryl methyl sites for hydroxylation is 1. The summed E-state index contributed by atoms with van der Waals surface area (Å²) in [6.07, 6.45) is 0. The number of alkyl halides is 1. The standard InChI is InChI=1S/C16H13Cl2IN2/c1-9-3-5-15-13(7-9)20-16(10(2)17)21(15)14-6-4-11(19)8-12(14)18/h3-8,10H,1-2H3. The van der Waals surface area contributed by atoms with E-state index in [1.165, 1.54) is 5.56 Å². The summed E-state index contributed by atoms with van der Waals surface area (Å²) in [4.78, 5) is 4.68. The SMILES string of the molecule is Cc1ccc2c(c1)nc(C(C)Cl)n2-c1ccc(I)cc1Cl. The number of hydrogen-bond donors (Lipinski definition) is 0. The smallest absolute Gasteiger partial charge is 0.132 e. The van der Waals surface area contributed by atoms with Crippen LogP contribution >= 0.6 is 45.8 Å². The van der Waals surface area contributed by atoms with Crippen molar-refractivity contribution in [3.63, 3.8) is 0 Å². The molecule has 1 atom stereocenters. The fourth-order valence-corrected chi connectivity index (χ4v) is 3.48. The van der Waals surface area contributed by atoms with Gasteiger partial charge in [0.2, 0.25) is 0 Å². The van der Waals surface area contributed by atoms with Gasteiger partial charge in [-0.3, -0.25) is 4.57 Å². The Kier molecular flexibility index (Phi) is 4.17. The lowest BCUT2D eigenvalue weighted by atomic mass is 10.2. The molecule has 108 valence electrons. The van der Waals surface area contributed by atoms with Gasteiger partial charge in [0.05, 0.1) is 27.1 Å². The maximum Gasteiger partial charge on any atom is 0.132 e. The lowest BCUT2D eigenvalue weighted by molar-refractivity contribution is 0.882. The van der Waals surface area contributed by atoms with E-state index < -0.39 is 0 Å². The van der Waals surface area contributed by atoms with E-state index in [1.54, 1.807) is 0 Å². The van der Waals surface area contributed by atoms with Crippen molar-refractivity contribution in [1.29, 1.82) is 0 Å². The summed E-state index contributed by atoms with van der Waals surface area (Å²) in [5.41, 5.74) is 4.04. The van der Waals surface area contributed by atoms with E-state index in [-0.39, 0.29) is 5.38 Å². The van der Waals surface area contributed by atoms with Gasteiger partial charge in [-0.25, -0.2) is 4.98 Å². The van der Waals surface area contributed by atoms with E-state index in [9.17, 15) is 0 Å². The summed E-state index contributed by atoms with van der Waals surface area (Å²) in [6.45, 7) is 3.98. The third-order valence-corrected chi connectivity index (χ3v) is 4.51. The number of benzene rings is 2. The third kappa shape index (κ3) is 2.79. The van der Waals surface area contributed by atoms with E-state index in [4.69, 9.17) is 23.2 Å². The number of aromatic nitrogens is 2. The van der Waals surface area contributed by atoms with Gasteiger partial charge in [-0.2, -0.15) is 0 Å². The minimum atomic E-state index is -0.201. The highest BCUT2D eigenvalue weighted by atomic mass is 127. The molecule has 1 aromatic heterocycles. The molecule has 21 heavy (non-hydrogen) atoms. The van der Waals surface area contributed by atoms with Gasteiger partial charge in [-0.05, 0) is 72.3 Å². The number of nitrogens with zero attached hydrogens (tertiary/aromatic N) is 2. The van der Waals surface area contributed by atoms with Gasteiger partial charge < -0.3 is 0 Å². The third-order valence-electron chi connectivity index (χ3n) is 3.34. The molecule has 0 aliphatic carbocycles. The molecule has 2 aromatic carbocycles. The first-order chi connectivity index (χ1) is 9.97. The largest absolute Gasteiger partial charge is 0.294 e. The van der Waals surface area contributed by atoms with Gasteiger partial charge in [-0.1, -0.05) is 17.7 Å². The Morgan fingerprint density at radius 3 is 2.62 bits per heavy atom. The van der Waals surface area contributed by atoms with Crippen LogP contribution in [0.3, 0.4) is 0 Å². The van der Waals surface area contributed by atoms with Gasteiger partial charge >= 0.3 is 0 Å². The van der Waals surface area contributed by atoms with Crippen molar-refractivity contribution in [2.45, 2.75) is 19.2 Å². The van der Waals surface area contributed by atoms with Crippen molar-refractivity contribution >= 4 is 56.8 Å². The van der Waals surface area contributed by atoms with Crippen LogP contribution in [0.4, 0.5) is 0 Å². The maximum absolute atomic E-state index is 6.43. The highest BCUT2D eigenvalue weighted by molar-refractivity contribution is 14.1. The highest BCUT2D eigenvalue weighted by Gasteiger charge is 2.18. The lowest BCUT2D eigenvalue weighted by Gasteiger charge is -2.12. The summed E-state index contributed by atoms with van der Waals surface area (Å²) in [5.74, 6) is 0.806. The average Bonchev–Trinajstić information content (AvgIpc) is 2.77. The van der Waals surface area contributed by atoms with E-state index in [2.05, 4.69) is 52.7 Å². The van der Waals surface area contributed by atoms with E-state index in [1.807, 2.05) is 29.7 Å². The van der Waals surface area contributed by atoms with E-state index >= 15 is 0 Å². The van der Waals surface area contributed by atoms with Crippen LogP contribution in [0.15, 0.2) is 36.4 Å². The Morgan fingerprint density at radius 1 is 1.19 bits per heavy atom. The molecule has 0 aliphatic heterocycles. The Bertz CT molecular complexity index is 825. The van der Waals surface area contributed by atoms with Crippen molar-refractivity contribution < 1.29 is 0 Å². The summed E-state index contributed by atoms with van der Waals surface area (Å²) in [5, 5.41) is 0.494. The van der Waals surface area contributed by atoms with Crippen molar-refractivity contribution in [1.82, 2.24) is 9.55 Å². The molecule has 0 bridgehead atoms. The predicted octanol–water partition coefficient (Wildman–Crippen LogP) is 5.89. The molecule has 0 spiro atoms. The normalized spacial score (nSPS) is 12.8. The van der Waals surface area contributed by atoms with Crippen LogP contribution in [0.5, 0.6) is 0 Å². The van der Waals surface area contributed by atoms with Crippen molar-refractivity contribution in [3.05, 3.63) is 56.4 Å². The van der Waals surface area contributed by atoms with Crippen LogP contribution in [0.1, 0.15) is 23.7 Å². The Labute approximate surface area is 147 Å². The zero-order chi connectivity index (χ0) is 15.1. The number of fused-ring (bicyclic) bond motifs is 1. The van der Waals surface area contributed by atoms with Crippen LogP contribution in [0, 0.1) is 10.5 Å². The van der Waals surface area contributed by atoms with Gasteiger partial charge in [0, 0.05) is 3.57 Å². The van der Waals surface area contributed by atoms with Gasteiger partial charge in [0.1, 0.15) is 5.82 Å². The van der Waals surface area contributed by atoms with Crippen molar-refractivity contribution in [2.24, 2.45) is 0 Å². The minimum Gasteiger partial charge on any atom is -0.294 e. The average molecular weight is 431 g/mol. The molecule has 0 fully saturated rings. The first-order valence-corrected chi connectivity index (χ1v) is 8.45. The Morgan fingerprint density at radius 2 is 1.95 bits per heavy atom. The van der Waals surface area contributed by atoms with E-state index in [0.29, 0.717) is 5.02 Å². The molecule has 2 nitrogen and oxygen atoms in total. The molecule has 0 aliphatic rings. The van der Waals surface area contributed by atoms with E-state index in [0.717, 1.165) is 26.1 Å². The maximum atomic E-state index is 6.43. The molecule has 3 rings (SSSR count). The summed E-state index contributed by atoms with van der Waals surface area (Å²) in [7, 11) is 0. The fraction of sp³-hybridized carbons (Fsp3) is 0.188. The minimum absolute atomic E-state index is 0.201. The van der Waals surface area contributed by atoms with Gasteiger partial charge in [-0.15, -0.1) is 11.6 Å². The molecule has 0 N–H and O–H groups in total. The van der Waals surface area contributed by atoms with Crippen LogP contribution in [0.25, 0.3) is 16.7 Å². The number of rotatable bonds is 2. The molecular formula is C16H13Cl2IN2. The molecule has 0 amide bonds. The molecule has 0 saturated carbocycles. The second-order valence-electron chi connectivity index (χ2n) is 5.01. The molecule has 3 aromatic rings. The van der Waals surface area contributed by atoms with Crippen molar-refractivity contribution in [3.8, 4) is 5.69 Å². The Hall–Kier alpha value is -0.780. The fourth-order valence-electron chi connectivity index (χ4n) is 2.39. The van der Waals surface area contributed by atoms with Gasteiger partial charge in [0.25, 0.3) is 0 Å². The Balaban J connectivity index is 2.36. The van der Waals surface area contributed by atoms with Crippen LogP contribution in [-0.2, 0) is 0 Å². The summed E-state index contributed by atoms with van der Waals surface area (Å²) in [6, 6.07) is 12.2. The summed E-state index contributed by atoms with van der Waals surface area (Å²) >= 11 is 15.0. The van der Waals surface area contributed by atoms with Gasteiger partial charge in [0.15, 0.2) is 0 Å². The topological polar surface area (TPSA) is 17.8 Å². The molecule has 0 saturated heterocycles. The monoisotopic (exact) mass is 430 g/mol. The molecular weight excluding hydrogens is 418 g/mol. The van der Waals surface area contributed by atoms with Crippen LogP contribution < -0.4 is 0 Å². The predicted molar refractivity (Wildman–Crippen MR) is 97.8 cm³/mol. The zero-order valence-electron chi connectivity index (χ0n) is 11.6. The summed E-state index contributed by atoms with van der Waals surface area (Å²) < 4.78 is 3.15. The first-order valence-electron chi connectivity index (χ1n) is 6.56. The van der Waals surface area contributed by atoms with Crippen molar-refractivity contribution in [2.75, 3.05) is 0 Å². The number of hydrogen-bond acceptors (Lipinski definition) is 1. The molecule has 0 radical (unpaired) electrons. The molecule has 5 heteroatoms. The first kappa shape index (κ1) is 15.1. The molecule has 1 unspecified atom stereocenters.